The molecule has 5 nitrogen and oxygen atoms in total. The van der Waals surface area contributed by atoms with E-state index in [0.717, 1.165) is 23.8 Å². The van der Waals surface area contributed by atoms with Crippen LogP contribution in [-0.2, 0) is 19.3 Å². The van der Waals surface area contributed by atoms with Crippen molar-refractivity contribution in [1.29, 1.82) is 5.26 Å². The van der Waals surface area contributed by atoms with Gasteiger partial charge in [-0.15, -0.1) is 10.2 Å². The smallest absolute Gasteiger partial charge is 0.305 e. The highest BCUT2D eigenvalue weighted by Crippen LogP contribution is 2.33. The normalized spacial score (nSPS) is 27.3. The first-order valence-electron chi connectivity index (χ1n) is 6.63. The number of nitriles is 1. The van der Waals surface area contributed by atoms with Gasteiger partial charge in [-0.05, 0) is 12.8 Å². The summed E-state index contributed by atoms with van der Waals surface area (Å²) in [6, 6.07) is 2.44. The van der Waals surface area contributed by atoms with Crippen molar-refractivity contribution < 1.29 is 13.2 Å². The fraction of sp³-hybridized carbons (Fsp3) is 0.750. The minimum absolute atomic E-state index is 0.0217. The first-order valence-corrected chi connectivity index (χ1v) is 6.63. The van der Waals surface area contributed by atoms with Crippen molar-refractivity contribution in [3.05, 3.63) is 11.6 Å². The molecule has 1 aliphatic carbocycles. The van der Waals surface area contributed by atoms with E-state index < -0.39 is 12.0 Å². The summed E-state index contributed by atoms with van der Waals surface area (Å²) >= 11 is 0. The van der Waals surface area contributed by atoms with Crippen LogP contribution < -0.4 is 0 Å². The largest absolute Gasteiger partial charge is 0.451 e. The maximum absolute atomic E-state index is 12.7. The third kappa shape index (κ3) is 2.16. The van der Waals surface area contributed by atoms with E-state index in [-0.39, 0.29) is 18.5 Å². The van der Waals surface area contributed by atoms with E-state index in [0.29, 0.717) is 18.9 Å². The Morgan fingerprint density at radius 3 is 2.70 bits per heavy atom. The average Bonchev–Trinajstić information content (AvgIpc) is 3.03. The second kappa shape index (κ2) is 4.74. The summed E-state index contributed by atoms with van der Waals surface area (Å²) in [6.45, 7) is 1.08. The van der Waals surface area contributed by atoms with Crippen molar-refractivity contribution in [3.8, 4) is 6.07 Å². The zero-order valence-electron chi connectivity index (χ0n) is 10.8. The number of rotatable bonds is 1. The third-order valence-corrected chi connectivity index (χ3v) is 4.15. The summed E-state index contributed by atoms with van der Waals surface area (Å²) in [5, 5.41) is 16.0. The fourth-order valence-corrected chi connectivity index (χ4v) is 3.20. The fourth-order valence-electron chi connectivity index (χ4n) is 3.20. The van der Waals surface area contributed by atoms with Crippen LogP contribution in [-0.4, -0.2) is 32.3 Å². The van der Waals surface area contributed by atoms with Crippen LogP contribution in [0.4, 0.5) is 13.2 Å². The first kappa shape index (κ1) is 13.4. The molecule has 2 aliphatic rings. The highest BCUT2D eigenvalue weighted by molar-refractivity contribution is 5.05. The minimum Gasteiger partial charge on any atom is -0.305 e. The Morgan fingerprint density at radius 2 is 2.00 bits per heavy atom. The van der Waals surface area contributed by atoms with Gasteiger partial charge in [0.1, 0.15) is 5.82 Å². The highest BCUT2D eigenvalue weighted by Gasteiger charge is 2.41. The number of fused-ring (bicyclic) bond motifs is 1. The number of aromatic nitrogens is 3. The Bertz CT molecular complexity index is 544. The molecule has 0 spiro atoms. The molecule has 8 heteroatoms. The van der Waals surface area contributed by atoms with Gasteiger partial charge in [-0.1, -0.05) is 6.42 Å². The van der Waals surface area contributed by atoms with Crippen LogP contribution in [0.1, 0.15) is 30.9 Å². The van der Waals surface area contributed by atoms with Gasteiger partial charge in [-0.3, -0.25) is 4.90 Å². The second-order valence-corrected chi connectivity index (χ2v) is 5.29. The van der Waals surface area contributed by atoms with E-state index >= 15 is 0 Å². The molecule has 1 aromatic heterocycles. The highest BCUT2D eigenvalue weighted by atomic mass is 19.4. The zero-order valence-corrected chi connectivity index (χ0v) is 10.8. The molecule has 108 valence electrons. The van der Waals surface area contributed by atoms with Crippen molar-refractivity contribution >= 4 is 0 Å². The summed E-state index contributed by atoms with van der Waals surface area (Å²) in [7, 11) is 0. The SMILES string of the molecule is N#CC1CCCC1N1CCn2c(nnc2C(F)(F)F)C1. The lowest BCUT2D eigenvalue weighted by atomic mass is 10.0. The van der Waals surface area contributed by atoms with E-state index in [1.807, 2.05) is 0 Å². The Kier molecular flexibility index (Phi) is 3.17. The molecule has 20 heavy (non-hydrogen) atoms. The standard InChI is InChI=1S/C12H14F3N5/c13-12(14,15)11-18-17-10-7-19(4-5-20(10)11)9-3-1-2-8(9)6-16/h8-9H,1-5,7H2. The molecule has 0 radical (unpaired) electrons. The number of halogens is 3. The first-order chi connectivity index (χ1) is 9.50. The molecule has 1 aromatic rings. The Balaban J connectivity index is 1.80. The Morgan fingerprint density at radius 1 is 1.20 bits per heavy atom. The topological polar surface area (TPSA) is 57.7 Å². The molecule has 3 rings (SSSR count). The molecule has 2 atom stereocenters. The lowest BCUT2D eigenvalue weighted by molar-refractivity contribution is -0.148. The predicted octanol–water partition coefficient (Wildman–Crippen LogP) is 1.80. The number of hydrogen-bond donors (Lipinski definition) is 0. The van der Waals surface area contributed by atoms with E-state index in [2.05, 4.69) is 21.2 Å². The maximum atomic E-state index is 12.7. The van der Waals surface area contributed by atoms with Crippen LogP contribution in [0.15, 0.2) is 0 Å². The average molecular weight is 285 g/mol. The van der Waals surface area contributed by atoms with Crippen molar-refractivity contribution in [2.24, 2.45) is 5.92 Å². The van der Waals surface area contributed by atoms with Gasteiger partial charge in [-0.2, -0.15) is 18.4 Å². The van der Waals surface area contributed by atoms with E-state index in [9.17, 15) is 13.2 Å². The number of nitrogens with zero attached hydrogens (tertiary/aromatic N) is 5. The quantitative estimate of drug-likeness (QED) is 0.789. The van der Waals surface area contributed by atoms with E-state index in [1.165, 1.54) is 0 Å². The van der Waals surface area contributed by atoms with Gasteiger partial charge in [0.05, 0.1) is 18.5 Å². The van der Waals surface area contributed by atoms with Gasteiger partial charge in [0, 0.05) is 19.1 Å². The van der Waals surface area contributed by atoms with Crippen LogP contribution in [0.3, 0.4) is 0 Å². The van der Waals surface area contributed by atoms with Crippen molar-refractivity contribution in [2.45, 2.75) is 44.6 Å². The van der Waals surface area contributed by atoms with Crippen molar-refractivity contribution in [1.82, 2.24) is 19.7 Å². The van der Waals surface area contributed by atoms with Crippen LogP contribution in [0.2, 0.25) is 0 Å². The van der Waals surface area contributed by atoms with Crippen LogP contribution in [0.5, 0.6) is 0 Å². The summed E-state index contributed by atoms with van der Waals surface area (Å²) in [6.07, 6.45) is -1.66. The third-order valence-electron chi connectivity index (χ3n) is 4.15. The predicted molar refractivity (Wildman–Crippen MR) is 62.2 cm³/mol. The van der Waals surface area contributed by atoms with Gasteiger partial charge >= 0.3 is 6.18 Å². The molecule has 0 aromatic carbocycles. The van der Waals surface area contributed by atoms with Crippen LogP contribution >= 0.6 is 0 Å². The second-order valence-electron chi connectivity index (χ2n) is 5.29. The Labute approximate surface area is 114 Å². The molecule has 1 saturated carbocycles. The lowest BCUT2D eigenvalue weighted by Gasteiger charge is -2.34. The van der Waals surface area contributed by atoms with Gasteiger partial charge in [0.15, 0.2) is 0 Å². The molecule has 1 fully saturated rings. The van der Waals surface area contributed by atoms with Gasteiger partial charge in [0.2, 0.25) is 5.82 Å². The molecule has 0 amide bonds. The summed E-state index contributed by atoms with van der Waals surface area (Å²) in [5.74, 6) is -0.603. The van der Waals surface area contributed by atoms with Gasteiger partial charge in [0.25, 0.3) is 0 Å². The minimum atomic E-state index is -4.46. The lowest BCUT2D eigenvalue weighted by Crippen LogP contribution is -2.43. The van der Waals surface area contributed by atoms with Gasteiger partial charge in [-0.25, -0.2) is 0 Å². The summed E-state index contributed by atoms with van der Waals surface area (Å²) < 4.78 is 39.4. The molecule has 0 saturated heterocycles. The number of hydrogen-bond acceptors (Lipinski definition) is 4. The molecular formula is C12H14F3N5. The summed E-state index contributed by atoms with van der Waals surface area (Å²) in [4.78, 5) is 2.07. The zero-order chi connectivity index (χ0) is 14.3. The summed E-state index contributed by atoms with van der Waals surface area (Å²) in [5.41, 5.74) is 0. The molecule has 1 aliphatic heterocycles. The molecule has 2 unspecified atom stereocenters. The number of alkyl halides is 3. The van der Waals surface area contributed by atoms with E-state index in [4.69, 9.17) is 5.26 Å². The molecule has 0 N–H and O–H groups in total. The van der Waals surface area contributed by atoms with Crippen molar-refractivity contribution in [2.75, 3.05) is 6.54 Å². The molecule has 2 heterocycles. The van der Waals surface area contributed by atoms with Crippen molar-refractivity contribution in [3.63, 3.8) is 0 Å². The Hall–Kier alpha value is -1.62. The molecule has 0 bridgehead atoms. The van der Waals surface area contributed by atoms with Gasteiger partial charge < -0.3 is 4.57 Å². The van der Waals surface area contributed by atoms with Crippen LogP contribution in [0, 0.1) is 17.2 Å². The van der Waals surface area contributed by atoms with E-state index in [1.54, 1.807) is 0 Å². The molecular weight excluding hydrogens is 271 g/mol. The van der Waals surface area contributed by atoms with Crippen LogP contribution in [0.25, 0.3) is 0 Å². The monoisotopic (exact) mass is 285 g/mol. The maximum Gasteiger partial charge on any atom is 0.451 e.